The van der Waals surface area contributed by atoms with E-state index in [-0.39, 0.29) is 5.82 Å². The van der Waals surface area contributed by atoms with Crippen LogP contribution in [0.1, 0.15) is 42.8 Å². The van der Waals surface area contributed by atoms with Crippen LogP contribution in [0, 0.1) is 12.7 Å². The Bertz CT molecular complexity index is 1600. The highest BCUT2D eigenvalue weighted by molar-refractivity contribution is 5.95. The third kappa shape index (κ3) is 5.18. The Labute approximate surface area is 222 Å². The van der Waals surface area contributed by atoms with Gasteiger partial charge in [0.1, 0.15) is 11.5 Å². The highest BCUT2D eigenvalue weighted by Crippen LogP contribution is 2.34. The third-order valence-electron chi connectivity index (χ3n) is 6.21. The van der Waals surface area contributed by atoms with Crippen molar-refractivity contribution in [2.24, 2.45) is 0 Å². The number of nitrogens with zero attached hydrogens (tertiary/aromatic N) is 3. The van der Waals surface area contributed by atoms with E-state index in [9.17, 15) is 0 Å². The first-order valence-corrected chi connectivity index (χ1v) is 12.3. The van der Waals surface area contributed by atoms with Crippen molar-refractivity contribution in [3.63, 3.8) is 0 Å². The van der Waals surface area contributed by atoms with E-state index in [0.29, 0.717) is 33.6 Å². The SMILES string of the molecule is C=C/C=C(/c1ccncc1)c1nc(-c2n[nH]c3ccc(C(/C=C(\C=C)NC(=C)CC)=C/C)c(F)c23)[nH]c1C. The van der Waals surface area contributed by atoms with Crippen LogP contribution in [0.2, 0.25) is 0 Å². The van der Waals surface area contributed by atoms with Gasteiger partial charge in [-0.3, -0.25) is 10.1 Å². The minimum atomic E-state index is -0.389. The van der Waals surface area contributed by atoms with Crippen molar-refractivity contribution in [3.8, 4) is 11.5 Å². The largest absolute Gasteiger partial charge is 0.359 e. The van der Waals surface area contributed by atoms with Crippen molar-refractivity contribution >= 4 is 22.0 Å². The van der Waals surface area contributed by atoms with E-state index in [4.69, 9.17) is 4.98 Å². The zero-order valence-corrected chi connectivity index (χ0v) is 21.9. The predicted octanol–water partition coefficient (Wildman–Crippen LogP) is 7.40. The molecule has 0 atom stereocenters. The molecule has 3 heterocycles. The number of benzene rings is 1. The second kappa shape index (κ2) is 11.5. The van der Waals surface area contributed by atoms with Crippen LogP contribution >= 0.6 is 0 Å². The summed E-state index contributed by atoms with van der Waals surface area (Å²) in [7, 11) is 0. The number of H-pyrrole nitrogens is 2. The third-order valence-corrected chi connectivity index (χ3v) is 6.21. The Morgan fingerprint density at radius 3 is 2.58 bits per heavy atom. The number of rotatable bonds is 10. The fraction of sp³-hybridized carbons (Fsp3) is 0.129. The van der Waals surface area contributed by atoms with Crippen molar-refractivity contribution < 1.29 is 4.39 Å². The quantitative estimate of drug-likeness (QED) is 0.196. The van der Waals surface area contributed by atoms with Gasteiger partial charge < -0.3 is 10.3 Å². The van der Waals surface area contributed by atoms with Gasteiger partial charge in [0.05, 0.1) is 16.6 Å². The first-order valence-electron chi connectivity index (χ1n) is 12.3. The molecule has 0 aliphatic heterocycles. The molecular formula is C31H31FN6. The standard InChI is InChI=1S/C31H31FN6/c1-7-11-25(22-14-16-33-17-15-22)29-20(6)35-31(36-29)30-27-26(37-38-30)13-12-24(28(27)32)21(9-3)18-23(10-4)34-19(5)8-2/h7,9-18,34H,1,4-5,8H2,2-3,6H3,(H,35,36)(H,37,38)/b21-9+,23-18+,25-11-. The van der Waals surface area contributed by atoms with Crippen molar-refractivity contribution in [3.05, 3.63) is 127 Å². The summed E-state index contributed by atoms with van der Waals surface area (Å²) >= 11 is 0. The van der Waals surface area contributed by atoms with E-state index in [0.717, 1.165) is 40.3 Å². The van der Waals surface area contributed by atoms with Gasteiger partial charge in [-0.05, 0) is 67.8 Å². The molecule has 7 heteroatoms. The lowest BCUT2D eigenvalue weighted by Gasteiger charge is -2.11. The number of hydrogen-bond donors (Lipinski definition) is 3. The lowest BCUT2D eigenvalue weighted by atomic mass is 10.0. The molecule has 6 nitrogen and oxygen atoms in total. The van der Waals surface area contributed by atoms with E-state index in [2.05, 4.69) is 45.2 Å². The van der Waals surface area contributed by atoms with Crippen LogP contribution in [0.25, 0.3) is 33.6 Å². The Morgan fingerprint density at radius 1 is 1.16 bits per heavy atom. The number of imidazole rings is 1. The number of aryl methyl sites for hydroxylation is 1. The summed E-state index contributed by atoms with van der Waals surface area (Å²) < 4.78 is 16.2. The number of allylic oxidation sites excluding steroid dienone is 7. The van der Waals surface area contributed by atoms with Crippen LogP contribution in [0.3, 0.4) is 0 Å². The van der Waals surface area contributed by atoms with Gasteiger partial charge in [0.2, 0.25) is 0 Å². The molecule has 0 aliphatic rings. The lowest BCUT2D eigenvalue weighted by molar-refractivity contribution is 0.636. The maximum absolute atomic E-state index is 16.2. The highest BCUT2D eigenvalue weighted by Gasteiger charge is 2.21. The normalized spacial score (nSPS) is 12.6. The average molecular weight is 507 g/mol. The molecule has 0 radical (unpaired) electrons. The monoisotopic (exact) mass is 506 g/mol. The van der Waals surface area contributed by atoms with Gasteiger partial charge in [-0.15, -0.1) is 0 Å². The second-order valence-corrected chi connectivity index (χ2v) is 8.66. The molecule has 1 aromatic carbocycles. The van der Waals surface area contributed by atoms with E-state index in [1.54, 1.807) is 30.6 Å². The van der Waals surface area contributed by atoms with E-state index in [1.165, 1.54) is 0 Å². The van der Waals surface area contributed by atoms with Gasteiger partial charge in [0.25, 0.3) is 0 Å². The zero-order valence-electron chi connectivity index (χ0n) is 21.9. The van der Waals surface area contributed by atoms with Gasteiger partial charge in [-0.2, -0.15) is 5.10 Å². The molecule has 0 spiro atoms. The number of pyridine rings is 1. The van der Waals surface area contributed by atoms with E-state index < -0.39 is 0 Å². The van der Waals surface area contributed by atoms with Crippen molar-refractivity contribution in [2.45, 2.75) is 27.2 Å². The highest BCUT2D eigenvalue weighted by atomic mass is 19.1. The van der Waals surface area contributed by atoms with Crippen molar-refractivity contribution in [1.82, 2.24) is 30.5 Å². The minimum absolute atomic E-state index is 0.361. The number of aromatic amines is 2. The Hall–Kier alpha value is -4.78. The molecule has 4 rings (SSSR count). The fourth-order valence-electron chi connectivity index (χ4n) is 4.19. The van der Waals surface area contributed by atoms with Crippen molar-refractivity contribution in [1.29, 1.82) is 0 Å². The van der Waals surface area contributed by atoms with Gasteiger partial charge >= 0.3 is 0 Å². The number of nitrogens with one attached hydrogen (secondary N) is 3. The van der Waals surface area contributed by atoms with Crippen LogP contribution in [0.15, 0.2) is 98.2 Å². The maximum atomic E-state index is 16.2. The second-order valence-electron chi connectivity index (χ2n) is 8.66. The Balaban J connectivity index is 1.81. The summed E-state index contributed by atoms with van der Waals surface area (Å²) in [5.74, 6) is 0.0778. The summed E-state index contributed by atoms with van der Waals surface area (Å²) in [5, 5.41) is 11.0. The predicted molar refractivity (Wildman–Crippen MR) is 154 cm³/mol. The van der Waals surface area contributed by atoms with Crippen LogP contribution in [0.4, 0.5) is 4.39 Å². The topological polar surface area (TPSA) is 82.3 Å². The van der Waals surface area contributed by atoms with Gasteiger partial charge in [-0.1, -0.05) is 44.9 Å². The number of halogens is 1. The maximum Gasteiger partial charge on any atom is 0.159 e. The summed E-state index contributed by atoms with van der Waals surface area (Å²) in [6, 6.07) is 7.39. The molecule has 0 saturated heterocycles. The molecule has 0 saturated carbocycles. The minimum Gasteiger partial charge on any atom is -0.359 e. The molecular weight excluding hydrogens is 475 g/mol. The first-order chi connectivity index (χ1) is 18.4. The molecule has 0 fully saturated rings. The molecule has 3 N–H and O–H groups in total. The van der Waals surface area contributed by atoms with Crippen molar-refractivity contribution in [2.75, 3.05) is 0 Å². The molecule has 3 aromatic heterocycles. The smallest absolute Gasteiger partial charge is 0.159 e. The van der Waals surface area contributed by atoms with Crippen LogP contribution in [-0.4, -0.2) is 25.1 Å². The number of fused-ring (bicyclic) bond motifs is 1. The fourth-order valence-corrected chi connectivity index (χ4v) is 4.19. The molecule has 38 heavy (non-hydrogen) atoms. The summed E-state index contributed by atoms with van der Waals surface area (Å²) in [5.41, 5.74) is 7.09. The van der Waals surface area contributed by atoms with Crippen LogP contribution < -0.4 is 5.32 Å². The molecule has 0 aliphatic carbocycles. The molecule has 0 amide bonds. The lowest BCUT2D eigenvalue weighted by Crippen LogP contribution is -2.09. The zero-order chi connectivity index (χ0) is 27.2. The van der Waals surface area contributed by atoms with Gasteiger partial charge in [0, 0.05) is 40.6 Å². The van der Waals surface area contributed by atoms with Crippen LogP contribution in [0.5, 0.6) is 0 Å². The van der Waals surface area contributed by atoms with Crippen LogP contribution in [-0.2, 0) is 0 Å². The van der Waals surface area contributed by atoms with E-state index in [1.807, 2.05) is 57.2 Å². The first kappa shape index (κ1) is 26.3. The molecule has 0 unspecified atom stereocenters. The van der Waals surface area contributed by atoms with E-state index >= 15 is 4.39 Å². The number of aromatic nitrogens is 5. The summed E-state index contributed by atoms with van der Waals surface area (Å²) in [6.07, 6.45) is 13.2. The summed E-state index contributed by atoms with van der Waals surface area (Å²) in [6.45, 7) is 17.5. The molecule has 192 valence electrons. The summed E-state index contributed by atoms with van der Waals surface area (Å²) in [4.78, 5) is 12.2. The molecule has 4 aromatic rings. The van der Waals surface area contributed by atoms with Gasteiger partial charge in [-0.25, -0.2) is 9.37 Å². The molecule has 0 bridgehead atoms. The Morgan fingerprint density at radius 2 is 1.92 bits per heavy atom. The Kier molecular flexibility index (Phi) is 7.97. The average Bonchev–Trinajstić information content (AvgIpc) is 3.54. The number of hydrogen-bond acceptors (Lipinski definition) is 4. The van der Waals surface area contributed by atoms with Gasteiger partial charge in [0.15, 0.2) is 5.82 Å².